The molecule has 0 spiro atoms. The number of rotatable bonds is 3. The highest BCUT2D eigenvalue weighted by Gasteiger charge is 2.32. The predicted octanol–water partition coefficient (Wildman–Crippen LogP) is 0.562. The van der Waals surface area contributed by atoms with Crippen LogP contribution in [0.15, 0.2) is 11.6 Å². The average Bonchev–Trinajstić information content (AvgIpc) is 2.81. The molecule has 6 heteroatoms. The van der Waals surface area contributed by atoms with Crippen molar-refractivity contribution in [2.45, 2.75) is 19.0 Å². The van der Waals surface area contributed by atoms with E-state index in [9.17, 15) is 4.79 Å². The lowest BCUT2D eigenvalue weighted by molar-refractivity contribution is -0.145. The monoisotopic (exact) mass is 241 g/mol. The Kier molecular flexibility index (Phi) is 3.52. The molecular formula is C10H15N3O2S. The summed E-state index contributed by atoms with van der Waals surface area (Å²) in [6.45, 7) is 4.10. The van der Waals surface area contributed by atoms with Crippen molar-refractivity contribution in [2.24, 2.45) is 0 Å². The second-order valence-corrected chi connectivity index (χ2v) is 4.77. The molecule has 0 aromatic carbocycles. The number of carbonyl (C=O) groups is 1. The van der Waals surface area contributed by atoms with Crippen LogP contribution >= 0.6 is 11.3 Å². The summed E-state index contributed by atoms with van der Waals surface area (Å²) in [6, 6.07) is -0.379. The van der Waals surface area contributed by atoms with Gasteiger partial charge in [-0.2, -0.15) is 0 Å². The van der Waals surface area contributed by atoms with Gasteiger partial charge >= 0.3 is 5.97 Å². The standard InChI is InChI=1S/C10H15N3O2S/c1-7(9-12-3-5-16-9)13-4-2-11-6-8(13)10(14)15/h3,5,7-8,11H,2,4,6H2,1H3,(H,14,15)/t7-,8-/m0/s1. The Hall–Kier alpha value is -0.980. The zero-order valence-electron chi connectivity index (χ0n) is 9.09. The minimum absolute atomic E-state index is 0.0724. The van der Waals surface area contributed by atoms with Gasteiger partial charge in [0.1, 0.15) is 11.0 Å². The van der Waals surface area contributed by atoms with Crippen molar-refractivity contribution in [2.75, 3.05) is 19.6 Å². The minimum Gasteiger partial charge on any atom is -0.480 e. The van der Waals surface area contributed by atoms with Crippen molar-refractivity contribution in [3.8, 4) is 0 Å². The van der Waals surface area contributed by atoms with Gasteiger partial charge in [0.2, 0.25) is 0 Å². The van der Waals surface area contributed by atoms with Crippen LogP contribution in [0.25, 0.3) is 0 Å². The quantitative estimate of drug-likeness (QED) is 0.809. The van der Waals surface area contributed by atoms with E-state index < -0.39 is 12.0 Å². The van der Waals surface area contributed by atoms with Crippen LogP contribution in [0.5, 0.6) is 0 Å². The molecule has 1 saturated heterocycles. The second kappa shape index (κ2) is 4.90. The van der Waals surface area contributed by atoms with Crippen LogP contribution in [-0.2, 0) is 4.79 Å². The molecular weight excluding hydrogens is 226 g/mol. The van der Waals surface area contributed by atoms with Crippen LogP contribution in [0, 0.1) is 0 Å². The molecule has 1 fully saturated rings. The Morgan fingerprint density at radius 2 is 2.62 bits per heavy atom. The molecule has 2 atom stereocenters. The molecule has 2 rings (SSSR count). The number of carboxylic acid groups (broad SMARTS) is 1. The van der Waals surface area contributed by atoms with Crippen LogP contribution in [0.3, 0.4) is 0 Å². The minimum atomic E-state index is -0.768. The van der Waals surface area contributed by atoms with Crippen molar-refractivity contribution in [3.05, 3.63) is 16.6 Å². The molecule has 0 bridgehead atoms. The highest BCUT2D eigenvalue weighted by atomic mass is 32.1. The van der Waals surface area contributed by atoms with Crippen LogP contribution in [-0.4, -0.2) is 46.6 Å². The fourth-order valence-electron chi connectivity index (χ4n) is 2.00. The lowest BCUT2D eigenvalue weighted by atomic mass is 10.1. The van der Waals surface area contributed by atoms with Gasteiger partial charge < -0.3 is 10.4 Å². The zero-order chi connectivity index (χ0) is 11.5. The van der Waals surface area contributed by atoms with Gasteiger partial charge in [0, 0.05) is 31.2 Å². The van der Waals surface area contributed by atoms with E-state index in [-0.39, 0.29) is 6.04 Å². The van der Waals surface area contributed by atoms with Crippen LogP contribution < -0.4 is 5.32 Å². The number of nitrogens with zero attached hydrogens (tertiary/aromatic N) is 2. The summed E-state index contributed by atoms with van der Waals surface area (Å²) in [5.74, 6) is -0.768. The molecule has 0 saturated carbocycles. The van der Waals surface area contributed by atoms with Crippen LogP contribution in [0.1, 0.15) is 18.0 Å². The molecule has 2 N–H and O–H groups in total. The zero-order valence-corrected chi connectivity index (χ0v) is 9.91. The van der Waals surface area contributed by atoms with Gasteiger partial charge in [-0.25, -0.2) is 4.98 Å². The van der Waals surface area contributed by atoms with Gasteiger partial charge in [-0.3, -0.25) is 9.69 Å². The van der Waals surface area contributed by atoms with Crippen molar-refractivity contribution in [3.63, 3.8) is 0 Å². The van der Waals surface area contributed by atoms with Crippen molar-refractivity contribution in [1.29, 1.82) is 0 Å². The first-order valence-corrected chi connectivity index (χ1v) is 6.17. The maximum atomic E-state index is 11.1. The molecule has 5 nitrogen and oxygen atoms in total. The summed E-state index contributed by atoms with van der Waals surface area (Å²) in [4.78, 5) is 17.4. The smallest absolute Gasteiger partial charge is 0.322 e. The Morgan fingerprint density at radius 1 is 1.81 bits per heavy atom. The summed E-state index contributed by atoms with van der Waals surface area (Å²) in [6.07, 6.45) is 1.76. The van der Waals surface area contributed by atoms with Gasteiger partial charge in [0.25, 0.3) is 0 Å². The lowest BCUT2D eigenvalue weighted by Gasteiger charge is -2.36. The topological polar surface area (TPSA) is 65.5 Å². The van der Waals surface area contributed by atoms with E-state index in [1.54, 1.807) is 17.5 Å². The lowest BCUT2D eigenvalue weighted by Crippen LogP contribution is -2.55. The number of aromatic nitrogens is 1. The number of aliphatic carboxylic acids is 1. The fourth-order valence-corrected chi connectivity index (χ4v) is 2.71. The van der Waals surface area contributed by atoms with Crippen LogP contribution in [0.4, 0.5) is 0 Å². The Morgan fingerprint density at radius 3 is 3.25 bits per heavy atom. The number of hydrogen-bond donors (Lipinski definition) is 2. The molecule has 88 valence electrons. The van der Waals surface area contributed by atoms with Gasteiger partial charge in [-0.15, -0.1) is 11.3 Å². The number of nitrogens with one attached hydrogen (secondary N) is 1. The van der Waals surface area contributed by atoms with E-state index in [2.05, 4.69) is 10.3 Å². The Bertz CT molecular complexity index is 355. The number of hydrogen-bond acceptors (Lipinski definition) is 5. The first-order valence-electron chi connectivity index (χ1n) is 5.29. The Labute approximate surface area is 98.1 Å². The average molecular weight is 241 g/mol. The van der Waals surface area contributed by atoms with Gasteiger partial charge in [-0.1, -0.05) is 0 Å². The number of thiazole rings is 1. The summed E-state index contributed by atoms with van der Waals surface area (Å²) in [5, 5.41) is 15.2. The fraction of sp³-hybridized carbons (Fsp3) is 0.600. The number of piperazine rings is 1. The molecule has 16 heavy (non-hydrogen) atoms. The maximum Gasteiger partial charge on any atom is 0.322 e. The molecule has 2 heterocycles. The second-order valence-electron chi connectivity index (χ2n) is 3.84. The molecule has 1 aliphatic heterocycles. The maximum absolute atomic E-state index is 11.1. The molecule has 1 aromatic heterocycles. The molecule has 0 amide bonds. The summed E-state index contributed by atoms with van der Waals surface area (Å²) < 4.78 is 0. The van der Waals surface area contributed by atoms with E-state index in [0.717, 1.165) is 18.1 Å². The van der Waals surface area contributed by atoms with E-state index in [4.69, 9.17) is 5.11 Å². The van der Waals surface area contributed by atoms with E-state index in [0.29, 0.717) is 6.54 Å². The third kappa shape index (κ3) is 2.23. The first-order chi connectivity index (χ1) is 7.70. The Balaban J connectivity index is 2.14. The third-order valence-corrected chi connectivity index (χ3v) is 3.82. The van der Waals surface area contributed by atoms with Gasteiger partial charge in [-0.05, 0) is 6.92 Å². The normalized spacial score (nSPS) is 24.2. The predicted molar refractivity (Wildman–Crippen MR) is 61.5 cm³/mol. The van der Waals surface area contributed by atoms with Gasteiger partial charge in [0.05, 0.1) is 6.04 Å². The number of carboxylic acids is 1. The largest absolute Gasteiger partial charge is 0.480 e. The van der Waals surface area contributed by atoms with Crippen LogP contribution in [0.2, 0.25) is 0 Å². The molecule has 0 radical (unpaired) electrons. The van der Waals surface area contributed by atoms with Gasteiger partial charge in [0.15, 0.2) is 0 Å². The molecule has 1 aliphatic rings. The summed E-state index contributed by atoms with van der Waals surface area (Å²) in [5.41, 5.74) is 0. The summed E-state index contributed by atoms with van der Waals surface area (Å²) in [7, 11) is 0. The first kappa shape index (κ1) is 11.5. The summed E-state index contributed by atoms with van der Waals surface area (Å²) >= 11 is 1.57. The molecule has 1 aromatic rings. The van der Waals surface area contributed by atoms with E-state index in [1.807, 2.05) is 17.2 Å². The van der Waals surface area contributed by atoms with E-state index in [1.165, 1.54) is 0 Å². The highest BCUT2D eigenvalue weighted by molar-refractivity contribution is 7.09. The van der Waals surface area contributed by atoms with E-state index >= 15 is 0 Å². The SMILES string of the molecule is C[C@@H](c1nccs1)N1CCNC[C@H]1C(=O)O. The van der Waals surface area contributed by atoms with Crippen molar-refractivity contribution in [1.82, 2.24) is 15.2 Å². The highest BCUT2D eigenvalue weighted by Crippen LogP contribution is 2.24. The van der Waals surface area contributed by atoms with Crippen molar-refractivity contribution < 1.29 is 9.90 Å². The molecule has 0 unspecified atom stereocenters. The third-order valence-electron chi connectivity index (χ3n) is 2.88. The van der Waals surface area contributed by atoms with Crippen molar-refractivity contribution >= 4 is 17.3 Å². The molecule has 0 aliphatic carbocycles.